The number of ether oxygens (including phenoxy) is 1. The molecule has 10 nitrogen and oxygen atoms in total. The number of amides is 2. The van der Waals surface area contributed by atoms with Crippen LogP contribution in [-0.2, 0) is 9.53 Å². The molecule has 1 saturated carbocycles. The van der Waals surface area contributed by atoms with Crippen molar-refractivity contribution in [2.24, 2.45) is 0 Å². The molecule has 0 radical (unpaired) electrons. The van der Waals surface area contributed by atoms with Gasteiger partial charge in [-0.15, -0.1) is 0 Å². The van der Waals surface area contributed by atoms with Crippen molar-refractivity contribution >= 4 is 29.4 Å². The molecule has 0 bridgehead atoms. The van der Waals surface area contributed by atoms with E-state index in [1.54, 1.807) is 18.1 Å². The lowest BCUT2D eigenvalue weighted by Crippen LogP contribution is -2.52. The average molecular weight is 590 g/mol. The van der Waals surface area contributed by atoms with Gasteiger partial charge in [0.25, 0.3) is 0 Å². The molecule has 2 aliphatic carbocycles. The zero-order chi connectivity index (χ0) is 29.3. The van der Waals surface area contributed by atoms with E-state index in [-0.39, 0.29) is 35.5 Å². The molecule has 2 aromatic rings. The second kappa shape index (κ2) is 12.5. The van der Waals surface area contributed by atoms with Crippen LogP contribution in [0.3, 0.4) is 0 Å². The highest BCUT2D eigenvalue weighted by Crippen LogP contribution is 2.43. The minimum Gasteiger partial charge on any atom is -0.465 e. The maximum absolute atomic E-state index is 14.5. The molecule has 3 aliphatic rings. The minimum absolute atomic E-state index is 0.0572. The Balaban J connectivity index is 1.34. The summed E-state index contributed by atoms with van der Waals surface area (Å²) < 4.78 is 20.0. The van der Waals surface area contributed by atoms with Crippen molar-refractivity contribution < 1.29 is 28.9 Å². The number of nitrogens with zero attached hydrogens (tertiary/aromatic N) is 5. The predicted molar refractivity (Wildman–Crippen MR) is 151 cm³/mol. The van der Waals surface area contributed by atoms with Gasteiger partial charge in [0.2, 0.25) is 5.91 Å². The second-order valence-electron chi connectivity index (χ2n) is 11.3. The fourth-order valence-corrected chi connectivity index (χ4v) is 6.66. The van der Waals surface area contributed by atoms with Gasteiger partial charge in [-0.2, -0.15) is 0 Å². The normalized spacial score (nSPS) is 25.1. The zero-order valence-electron chi connectivity index (χ0n) is 23.4. The summed E-state index contributed by atoms with van der Waals surface area (Å²) in [5.41, 5.74) is 2.02. The first-order valence-corrected chi connectivity index (χ1v) is 14.6. The molecule has 3 atom stereocenters. The van der Waals surface area contributed by atoms with Crippen LogP contribution in [0.2, 0.25) is 5.02 Å². The van der Waals surface area contributed by atoms with Crippen molar-refractivity contribution in [1.82, 2.24) is 19.8 Å². The predicted octanol–water partition coefficient (Wildman–Crippen LogP) is 4.18. The molecule has 0 spiro atoms. The van der Waals surface area contributed by atoms with Crippen LogP contribution in [0.15, 0.2) is 24.5 Å². The molecule has 5 rings (SSSR count). The van der Waals surface area contributed by atoms with Crippen LogP contribution in [0.5, 0.6) is 0 Å². The van der Waals surface area contributed by atoms with E-state index in [1.807, 2.05) is 6.92 Å². The largest absolute Gasteiger partial charge is 0.465 e. The second-order valence-corrected chi connectivity index (χ2v) is 11.7. The molecule has 1 aromatic carbocycles. The maximum Gasteiger partial charge on any atom is 0.407 e. The van der Waals surface area contributed by atoms with Crippen molar-refractivity contribution in [3.05, 3.63) is 52.2 Å². The molecule has 2 heterocycles. The van der Waals surface area contributed by atoms with Gasteiger partial charge >= 0.3 is 6.09 Å². The number of hydrogen-bond donors (Lipinski definition) is 2. The molecule has 2 amide bonds. The SMILES string of the molecule is COC1CCC(N(C[C@H](C(=O)N2CCN(c3ncnc4c3[C@H](C)C[C@H]4O)CC2)c2ccc(Cl)c(F)c2)C(=O)O)CC1. The third-order valence-corrected chi connectivity index (χ3v) is 9.16. The lowest BCUT2D eigenvalue weighted by molar-refractivity contribution is -0.133. The first-order chi connectivity index (χ1) is 19.7. The van der Waals surface area contributed by atoms with Gasteiger partial charge in [0.05, 0.1) is 28.8 Å². The van der Waals surface area contributed by atoms with E-state index in [9.17, 15) is 24.2 Å². The molecule has 2 N–H and O–H groups in total. The summed E-state index contributed by atoms with van der Waals surface area (Å²) in [6, 6.07) is 3.99. The maximum atomic E-state index is 14.5. The minimum atomic E-state index is -1.10. The summed E-state index contributed by atoms with van der Waals surface area (Å²) in [6.07, 6.45) is 3.22. The van der Waals surface area contributed by atoms with E-state index in [0.29, 0.717) is 56.7 Å². The summed E-state index contributed by atoms with van der Waals surface area (Å²) in [5, 5.41) is 20.5. The monoisotopic (exact) mass is 589 g/mol. The number of fused-ring (bicyclic) bond motifs is 1. The van der Waals surface area contributed by atoms with Crippen LogP contribution in [0.4, 0.5) is 15.0 Å². The van der Waals surface area contributed by atoms with Gasteiger partial charge in [0, 0.05) is 51.4 Å². The first kappa shape index (κ1) is 29.5. The summed E-state index contributed by atoms with van der Waals surface area (Å²) in [6.45, 7) is 3.80. The highest BCUT2D eigenvalue weighted by Gasteiger charge is 2.37. The average Bonchev–Trinajstić information content (AvgIpc) is 3.28. The summed E-state index contributed by atoms with van der Waals surface area (Å²) >= 11 is 5.93. The molecule has 0 unspecified atom stereocenters. The van der Waals surface area contributed by atoms with E-state index >= 15 is 0 Å². The van der Waals surface area contributed by atoms with Crippen molar-refractivity contribution in [3.8, 4) is 0 Å². The smallest absolute Gasteiger partial charge is 0.407 e. The highest BCUT2D eigenvalue weighted by atomic mass is 35.5. The molecule has 222 valence electrons. The molecule has 1 aliphatic heterocycles. The number of piperazine rings is 1. The Labute approximate surface area is 244 Å². The fourth-order valence-electron chi connectivity index (χ4n) is 6.54. The molecular formula is C29H37ClFN5O5. The standard InChI is InChI=1S/C29H37ClFN5O5/c1-17-13-24(37)26-25(17)27(33-16-32-26)34-9-11-35(12-10-34)28(38)21(18-3-8-22(30)23(31)14-18)15-36(29(39)40)19-4-6-20(41-2)7-5-19/h3,8,14,16-17,19-21,24,37H,4-7,9-13,15H2,1-2H3,(H,39,40)/t17-,19?,20?,21+,24-/m1/s1. The molecule has 12 heteroatoms. The van der Waals surface area contributed by atoms with E-state index in [4.69, 9.17) is 16.3 Å². The number of aliphatic hydroxyl groups is 1. The molecule has 1 aromatic heterocycles. The first-order valence-electron chi connectivity index (χ1n) is 14.2. The van der Waals surface area contributed by atoms with Crippen LogP contribution in [-0.4, -0.2) is 94.0 Å². The topological polar surface area (TPSA) is 119 Å². The van der Waals surface area contributed by atoms with Crippen molar-refractivity contribution in [3.63, 3.8) is 0 Å². The lowest BCUT2D eigenvalue weighted by atomic mass is 9.90. The van der Waals surface area contributed by atoms with Crippen molar-refractivity contribution in [2.45, 2.75) is 69.1 Å². The molecular weight excluding hydrogens is 553 g/mol. The number of carboxylic acid groups (broad SMARTS) is 1. The zero-order valence-corrected chi connectivity index (χ0v) is 24.1. The number of carbonyl (C=O) groups excluding carboxylic acids is 1. The number of aromatic nitrogens is 2. The third kappa shape index (κ3) is 6.12. The Hall–Kier alpha value is -3.02. The van der Waals surface area contributed by atoms with Gasteiger partial charge in [0.1, 0.15) is 18.0 Å². The Morgan fingerprint density at radius 3 is 2.51 bits per heavy atom. The Morgan fingerprint density at radius 1 is 1.17 bits per heavy atom. The quantitative estimate of drug-likeness (QED) is 0.494. The van der Waals surface area contributed by atoms with Gasteiger partial charge in [-0.05, 0) is 55.7 Å². The van der Waals surface area contributed by atoms with Crippen molar-refractivity contribution in [1.29, 1.82) is 0 Å². The highest BCUT2D eigenvalue weighted by molar-refractivity contribution is 6.30. The van der Waals surface area contributed by atoms with Crippen LogP contribution in [0.25, 0.3) is 0 Å². The summed E-state index contributed by atoms with van der Waals surface area (Å²) in [4.78, 5) is 40.4. The summed E-state index contributed by atoms with van der Waals surface area (Å²) in [5.74, 6) is -0.877. The third-order valence-electron chi connectivity index (χ3n) is 8.86. The number of anilines is 1. The van der Waals surface area contributed by atoms with E-state index < -0.39 is 23.9 Å². The van der Waals surface area contributed by atoms with E-state index in [0.717, 1.165) is 24.2 Å². The van der Waals surface area contributed by atoms with Crippen LogP contribution >= 0.6 is 11.6 Å². The Bertz CT molecular complexity index is 1270. The molecule has 1 saturated heterocycles. The fraction of sp³-hybridized carbons (Fsp3) is 0.586. The van der Waals surface area contributed by atoms with E-state index in [2.05, 4.69) is 14.9 Å². The molecule has 41 heavy (non-hydrogen) atoms. The number of halogens is 2. The number of aliphatic hydroxyl groups excluding tert-OH is 1. The van der Waals surface area contributed by atoms with Gasteiger partial charge in [-0.1, -0.05) is 24.6 Å². The van der Waals surface area contributed by atoms with Gasteiger partial charge in [-0.3, -0.25) is 4.79 Å². The van der Waals surface area contributed by atoms with Gasteiger partial charge in [0.15, 0.2) is 0 Å². The van der Waals surface area contributed by atoms with Gasteiger partial charge < -0.3 is 29.6 Å². The van der Waals surface area contributed by atoms with E-state index in [1.165, 1.54) is 23.4 Å². The van der Waals surface area contributed by atoms with Crippen LogP contribution in [0, 0.1) is 5.82 Å². The Kier molecular flexibility index (Phi) is 8.96. The number of benzene rings is 1. The number of hydrogen-bond acceptors (Lipinski definition) is 7. The lowest BCUT2D eigenvalue weighted by Gasteiger charge is -2.40. The molecule has 2 fully saturated rings. The number of rotatable bonds is 7. The summed E-state index contributed by atoms with van der Waals surface area (Å²) in [7, 11) is 1.66. The number of carbonyl (C=O) groups is 2. The van der Waals surface area contributed by atoms with Crippen LogP contribution < -0.4 is 4.90 Å². The number of methoxy groups -OCH3 is 1. The van der Waals surface area contributed by atoms with Gasteiger partial charge in [-0.25, -0.2) is 19.2 Å². The Morgan fingerprint density at radius 2 is 1.88 bits per heavy atom. The van der Waals surface area contributed by atoms with Crippen molar-refractivity contribution in [2.75, 3.05) is 44.7 Å². The van der Waals surface area contributed by atoms with Crippen LogP contribution in [0.1, 0.15) is 73.8 Å².